The molecule has 168 valence electrons. The van der Waals surface area contributed by atoms with E-state index in [9.17, 15) is 19.2 Å². The van der Waals surface area contributed by atoms with E-state index in [1.165, 1.54) is 19.8 Å². The standard InChI is InChI=1S/C22H34N2O5S/c1-16(26)30-21(12-13-25)23-15-19(27)14-20(23)22(28)29-24(17-8-4-2-5-9-17)18-10-6-3-7-11-18/h13,17-18,20-21H,2-12,14-15H2,1H3/t20-,21?/m0/s1. The van der Waals surface area contributed by atoms with Crippen molar-refractivity contribution in [2.24, 2.45) is 0 Å². The number of aldehydes is 1. The molecule has 0 N–H and O–H groups in total. The van der Waals surface area contributed by atoms with Crippen molar-refractivity contribution in [3.8, 4) is 0 Å². The minimum absolute atomic E-state index is 0.0566. The number of thioether (sulfide) groups is 1. The van der Waals surface area contributed by atoms with Gasteiger partial charge in [-0.1, -0.05) is 50.3 Å². The number of Topliss-reactive ketones (excluding diaryl/α,β-unsaturated/α-hetero) is 1. The molecule has 8 heteroatoms. The van der Waals surface area contributed by atoms with Crippen LogP contribution in [0.3, 0.4) is 0 Å². The molecule has 1 unspecified atom stereocenters. The number of hydroxylamine groups is 2. The zero-order valence-electron chi connectivity index (χ0n) is 17.9. The van der Waals surface area contributed by atoms with E-state index in [1.54, 1.807) is 4.90 Å². The van der Waals surface area contributed by atoms with Gasteiger partial charge in [0, 0.05) is 31.8 Å². The van der Waals surface area contributed by atoms with Gasteiger partial charge in [-0.05, 0) is 25.7 Å². The third-order valence-electron chi connectivity index (χ3n) is 6.49. The molecule has 1 aliphatic heterocycles. The Morgan fingerprint density at radius 1 is 1.10 bits per heavy atom. The highest BCUT2D eigenvalue weighted by Gasteiger charge is 2.43. The summed E-state index contributed by atoms with van der Waals surface area (Å²) in [6, 6.07) is -0.244. The van der Waals surface area contributed by atoms with E-state index in [1.807, 2.05) is 5.06 Å². The zero-order chi connectivity index (χ0) is 21.5. The average Bonchev–Trinajstić information content (AvgIpc) is 3.14. The molecular formula is C22H34N2O5S. The lowest BCUT2D eigenvalue weighted by atomic mass is 9.90. The van der Waals surface area contributed by atoms with Gasteiger partial charge in [-0.15, -0.1) is 5.06 Å². The summed E-state index contributed by atoms with van der Waals surface area (Å²) < 4.78 is 0. The Morgan fingerprint density at radius 3 is 2.17 bits per heavy atom. The molecule has 0 aromatic heterocycles. The van der Waals surface area contributed by atoms with Crippen molar-refractivity contribution in [3.05, 3.63) is 0 Å². The molecule has 30 heavy (non-hydrogen) atoms. The molecule has 0 aromatic rings. The van der Waals surface area contributed by atoms with Crippen LogP contribution in [0, 0.1) is 0 Å². The van der Waals surface area contributed by atoms with E-state index in [-0.39, 0.29) is 42.4 Å². The fourth-order valence-corrected chi connectivity index (χ4v) is 5.96. The van der Waals surface area contributed by atoms with Crippen molar-refractivity contribution in [3.63, 3.8) is 0 Å². The van der Waals surface area contributed by atoms with Gasteiger partial charge in [0.1, 0.15) is 18.1 Å². The van der Waals surface area contributed by atoms with Crippen LogP contribution in [0.5, 0.6) is 0 Å². The summed E-state index contributed by atoms with van der Waals surface area (Å²) in [6.07, 6.45) is 12.1. The van der Waals surface area contributed by atoms with E-state index < -0.39 is 17.4 Å². The summed E-state index contributed by atoms with van der Waals surface area (Å²) in [5.74, 6) is -0.476. The van der Waals surface area contributed by atoms with E-state index in [2.05, 4.69) is 0 Å². The van der Waals surface area contributed by atoms with Crippen LogP contribution in [-0.4, -0.2) is 63.2 Å². The van der Waals surface area contributed by atoms with Crippen molar-refractivity contribution in [2.45, 2.75) is 107 Å². The van der Waals surface area contributed by atoms with E-state index in [4.69, 9.17) is 4.84 Å². The first kappa shape index (κ1) is 23.4. The van der Waals surface area contributed by atoms with Crippen LogP contribution in [0.2, 0.25) is 0 Å². The first-order chi connectivity index (χ1) is 14.5. The predicted molar refractivity (Wildman–Crippen MR) is 115 cm³/mol. The average molecular weight is 439 g/mol. The highest BCUT2D eigenvalue weighted by Crippen LogP contribution is 2.32. The van der Waals surface area contributed by atoms with Crippen LogP contribution < -0.4 is 0 Å². The number of carbonyl (C=O) groups is 4. The summed E-state index contributed by atoms with van der Waals surface area (Å²) in [5, 5.41) is 1.32. The van der Waals surface area contributed by atoms with Gasteiger partial charge < -0.3 is 9.63 Å². The second kappa shape index (κ2) is 11.4. The molecule has 0 aromatic carbocycles. The van der Waals surface area contributed by atoms with Crippen molar-refractivity contribution in [1.29, 1.82) is 0 Å². The van der Waals surface area contributed by atoms with Gasteiger partial charge in [-0.25, -0.2) is 4.79 Å². The molecule has 2 atom stereocenters. The van der Waals surface area contributed by atoms with Gasteiger partial charge in [-0.3, -0.25) is 14.5 Å². The first-order valence-electron chi connectivity index (χ1n) is 11.4. The topological polar surface area (TPSA) is 84.0 Å². The normalized spacial score (nSPS) is 25.4. The summed E-state index contributed by atoms with van der Waals surface area (Å²) in [4.78, 5) is 56.0. The summed E-state index contributed by atoms with van der Waals surface area (Å²) in [7, 11) is 0. The number of hydrogen-bond acceptors (Lipinski definition) is 8. The third kappa shape index (κ3) is 6.14. The van der Waals surface area contributed by atoms with Crippen LogP contribution in [0.1, 0.15) is 84.0 Å². The van der Waals surface area contributed by atoms with Gasteiger partial charge >= 0.3 is 5.97 Å². The number of rotatable bonds is 8. The fourth-order valence-electron chi connectivity index (χ4n) is 5.04. The number of carbonyl (C=O) groups excluding carboxylic acids is 4. The highest BCUT2D eigenvalue weighted by atomic mass is 32.2. The molecule has 3 aliphatic rings. The molecular weight excluding hydrogens is 404 g/mol. The second-order valence-electron chi connectivity index (χ2n) is 8.75. The van der Waals surface area contributed by atoms with Crippen LogP contribution in [-0.2, 0) is 24.0 Å². The smallest absolute Gasteiger partial charge is 0.342 e. The van der Waals surface area contributed by atoms with Crippen molar-refractivity contribution in [1.82, 2.24) is 9.96 Å². The van der Waals surface area contributed by atoms with Gasteiger partial charge in [0.2, 0.25) is 0 Å². The van der Waals surface area contributed by atoms with Crippen molar-refractivity contribution < 1.29 is 24.0 Å². The number of likely N-dealkylation sites (tertiary alicyclic amines) is 1. The third-order valence-corrected chi connectivity index (χ3v) is 7.55. The number of nitrogens with zero attached hydrogens (tertiary/aromatic N) is 2. The first-order valence-corrected chi connectivity index (χ1v) is 12.3. The van der Waals surface area contributed by atoms with Crippen LogP contribution in [0.25, 0.3) is 0 Å². The molecule has 3 rings (SSSR count). The Kier molecular flexibility index (Phi) is 8.89. The summed E-state index contributed by atoms with van der Waals surface area (Å²) in [5.41, 5.74) is 0. The molecule has 0 spiro atoms. The molecule has 1 saturated heterocycles. The second-order valence-corrected chi connectivity index (χ2v) is 10.1. The van der Waals surface area contributed by atoms with E-state index in [0.29, 0.717) is 0 Å². The molecule has 2 aliphatic carbocycles. The lowest BCUT2D eigenvalue weighted by molar-refractivity contribution is -0.227. The van der Waals surface area contributed by atoms with Gasteiger partial charge in [0.25, 0.3) is 0 Å². The van der Waals surface area contributed by atoms with Crippen LogP contribution in [0.4, 0.5) is 0 Å². The van der Waals surface area contributed by atoms with Crippen molar-refractivity contribution >= 4 is 34.9 Å². The van der Waals surface area contributed by atoms with Crippen molar-refractivity contribution in [2.75, 3.05) is 6.54 Å². The van der Waals surface area contributed by atoms with Crippen LogP contribution in [0.15, 0.2) is 0 Å². The minimum Gasteiger partial charge on any atom is -0.366 e. The van der Waals surface area contributed by atoms with E-state index >= 15 is 0 Å². The SMILES string of the molecule is CC(=O)SC(CC=O)N1CC(=O)C[C@H]1C(=O)ON(C1CCCCC1)C1CCCCC1. The predicted octanol–water partition coefficient (Wildman–Crippen LogP) is 3.25. The van der Waals surface area contributed by atoms with Gasteiger partial charge in [-0.2, -0.15) is 0 Å². The lowest BCUT2D eigenvalue weighted by Gasteiger charge is -2.40. The molecule has 3 fully saturated rings. The Bertz CT molecular complexity index is 613. The Labute approximate surface area is 183 Å². The van der Waals surface area contributed by atoms with E-state index in [0.717, 1.165) is 69.4 Å². The maximum atomic E-state index is 13.3. The Hall–Kier alpha value is -1.25. The molecule has 0 amide bonds. The quantitative estimate of drug-likeness (QED) is 0.422. The maximum absolute atomic E-state index is 13.3. The lowest BCUT2D eigenvalue weighted by Crippen LogP contribution is -2.50. The highest BCUT2D eigenvalue weighted by molar-refractivity contribution is 8.14. The summed E-state index contributed by atoms with van der Waals surface area (Å²) >= 11 is 1.00. The number of hydrogen-bond donors (Lipinski definition) is 0. The molecule has 7 nitrogen and oxygen atoms in total. The Morgan fingerprint density at radius 2 is 1.67 bits per heavy atom. The molecule has 2 saturated carbocycles. The van der Waals surface area contributed by atoms with Crippen LogP contribution >= 0.6 is 11.8 Å². The van der Waals surface area contributed by atoms with Gasteiger partial charge in [0.15, 0.2) is 5.12 Å². The fraction of sp³-hybridized carbons (Fsp3) is 0.818. The molecule has 0 bridgehead atoms. The minimum atomic E-state index is -0.732. The molecule has 0 radical (unpaired) electrons. The number of ketones is 1. The Balaban J connectivity index is 1.74. The maximum Gasteiger partial charge on any atom is 0.342 e. The molecule has 1 heterocycles. The monoisotopic (exact) mass is 438 g/mol. The summed E-state index contributed by atoms with van der Waals surface area (Å²) in [6.45, 7) is 1.51. The largest absolute Gasteiger partial charge is 0.366 e. The van der Waals surface area contributed by atoms with Gasteiger partial charge in [0.05, 0.1) is 11.9 Å². The zero-order valence-corrected chi connectivity index (χ0v) is 18.7.